The molecule has 0 saturated carbocycles. The average Bonchev–Trinajstić information content (AvgIpc) is 2.48. The number of hydrogen-bond donors (Lipinski definition) is 0. The Balaban J connectivity index is 2.44. The van der Waals surface area contributed by atoms with Crippen LogP contribution in [0.4, 0.5) is 4.39 Å². The number of carbonyl (C=O) groups is 2. The molecule has 3 nitrogen and oxygen atoms in total. The van der Waals surface area contributed by atoms with Gasteiger partial charge in [0.25, 0.3) is 0 Å². The minimum Gasteiger partial charge on any atom is -0.465 e. The molecule has 0 aliphatic carbocycles. The average molecular weight is 300 g/mol. The monoisotopic (exact) mass is 300 g/mol. The largest absolute Gasteiger partial charge is 0.465 e. The lowest BCUT2D eigenvalue weighted by atomic mass is 9.90. The molecule has 114 valence electrons. The summed E-state index contributed by atoms with van der Waals surface area (Å²) in [5.41, 5.74) is 1.10. The third-order valence-electron chi connectivity index (χ3n) is 3.31. The molecule has 22 heavy (non-hydrogen) atoms. The Labute approximate surface area is 128 Å². The zero-order chi connectivity index (χ0) is 16.1. The number of hydrogen-bond acceptors (Lipinski definition) is 3. The summed E-state index contributed by atoms with van der Waals surface area (Å²) in [6.07, 6.45) is 0. The summed E-state index contributed by atoms with van der Waals surface area (Å²) < 4.78 is 19.0. The standard InChI is InChI=1S/C18H17FO3/c1-3-22-18(21)16(13-7-5-4-6-8-13)17(20)14-10-9-12(2)11-15(14)19/h4-11,16H,3H2,1-2H3. The number of esters is 1. The molecule has 0 aliphatic heterocycles. The summed E-state index contributed by atoms with van der Waals surface area (Å²) in [6.45, 7) is 3.56. The van der Waals surface area contributed by atoms with Crippen molar-refractivity contribution in [3.05, 3.63) is 71.0 Å². The summed E-state index contributed by atoms with van der Waals surface area (Å²) in [7, 11) is 0. The van der Waals surface area contributed by atoms with Gasteiger partial charge in [-0.1, -0.05) is 36.4 Å². The molecule has 2 rings (SSSR count). The van der Waals surface area contributed by atoms with Gasteiger partial charge in [-0.25, -0.2) is 4.39 Å². The van der Waals surface area contributed by atoms with Crippen molar-refractivity contribution in [3.8, 4) is 0 Å². The second-order valence-electron chi connectivity index (χ2n) is 4.94. The van der Waals surface area contributed by atoms with Crippen LogP contribution in [-0.2, 0) is 9.53 Å². The van der Waals surface area contributed by atoms with E-state index in [9.17, 15) is 14.0 Å². The van der Waals surface area contributed by atoms with Gasteiger partial charge in [0.1, 0.15) is 11.7 Å². The predicted octanol–water partition coefficient (Wildman–Crippen LogP) is 3.66. The number of aryl methyl sites for hydroxylation is 1. The number of halogens is 1. The summed E-state index contributed by atoms with van der Waals surface area (Å²) in [4.78, 5) is 24.8. The minimum absolute atomic E-state index is 0.104. The zero-order valence-electron chi connectivity index (χ0n) is 12.5. The topological polar surface area (TPSA) is 43.4 Å². The lowest BCUT2D eigenvalue weighted by Gasteiger charge is -2.15. The first-order valence-electron chi connectivity index (χ1n) is 7.06. The predicted molar refractivity (Wildman–Crippen MR) is 81.3 cm³/mol. The summed E-state index contributed by atoms with van der Waals surface area (Å²) in [5.74, 6) is -3.05. The van der Waals surface area contributed by atoms with Crippen molar-refractivity contribution in [1.29, 1.82) is 0 Å². The molecule has 2 aromatic carbocycles. The van der Waals surface area contributed by atoms with Crippen molar-refractivity contribution >= 4 is 11.8 Å². The van der Waals surface area contributed by atoms with Gasteiger partial charge < -0.3 is 4.74 Å². The first-order chi connectivity index (χ1) is 10.5. The van der Waals surface area contributed by atoms with E-state index in [1.165, 1.54) is 12.1 Å². The van der Waals surface area contributed by atoms with Gasteiger partial charge in [0.15, 0.2) is 5.78 Å². The molecule has 0 radical (unpaired) electrons. The van der Waals surface area contributed by atoms with E-state index in [0.717, 1.165) is 0 Å². The van der Waals surface area contributed by atoms with Gasteiger partial charge >= 0.3 is 5.97 Å². The van der Waals surface area contributed by atoms with E-state index in [4.69, 9.17) is 4.74 Å². The van der Waals surface area contributed by atoms with E-state index in [0.29, 0.717) is 11.1 Å². The molecule has 0 spiro atoms. The Hall–Kier alpha value is -2.49. The SMILES string of the molecule is CCOC(=O)C(C(=O)c1ccc(C)cc1F)c1ccccc1. The third-order valence-corrected chi connectivity index (χ3v) is 3.31. The molecule has 2 aromatic rings. The van der Waals surface area contributed by atoms with Crippen molar-refractivity contribution < 1.29 is 18.7 Å². The normalized spacial score (nSPS) is 11.8. The molecule has 0 N–H and O–H groups in total. The van der Waals surface area contributed by atoms with Crippen LogP contribution in [-0.4, -0.2) is 18.4 Å². The fourth-order valence-electron chi connectivity index (χ4n) is 2.24. The highest BCUT2D eigenvalue weighted by Crippen LogP contribution is 2.24. The molecule has 0 saturated heterocycles. The van der Waals surface area contributed by atoms with Crippen LogP contribution in [0.5, 0.6) is 0 Å². The van der Waals surface area contributed by atoms with Crippen LogP contribution in [0.3, 0.4) is 0 Å². The highest BCUT2D eigenvalue weighted by atomic mass is 19.1. The molecular formula is C18H17FO3. The number of rotatable bonds is 5. The van der Waals surface area contributed by atoms with Crippen molar-refractivity contribution in [2.75, 3.05) is 6.61 Å². The first kappa shape index (κ1) is 15.9. The summed E-state index contributed by atoms with van der Waals surface area (Å²) in [5, 5.41) is 0. The first-order valence-corrected chi connectivity index (χ1v) is 7.06. The lowest BCUT2D eigenvalue weighted by molar-refractivity contribution is -0.143. The van der Waals surface area contributed by atoms with Gasteiger partial charge in [-0.15, -0.1) is 0 Å². The van der Waals surface area contributed by atoms with Crippen LogP contribution < -0.4 is 0 Å². The maximum absolute atomic E-state index is 14.1. The second-order valence-corrected chi connectivity index (χ2v) is 4.94. The molecule has 0 amide bonds. The zero-order valence-corrected chi connectivity index (χ0v) is 12.5. The van der Waals surface area contributed by atoms with E-state index in [1.807, 2.05) is 0 Å². The van der Waals surface area contributed by atoms with Gasteiger partial charge in [0.2, 0.25) is 0 Å². The maximum atomic E-state index is 14.1. The van der Waals surface area contributed by atoms with Gasteiger partial charge in [-0.3, -0.25) is 9.59 Å². The van der Waals surface area contributed by atoms with Crippen molar-refractivity contribution in [1.82, 2.24) is 0 Å². The minimum atomic E-state index is -1.15. The van der Waals surface area contributed by atoms with E-state index < -0.39 is 23.5 Å². The Morgan fingerprint density at radius 3 is 2.41 bits per heavy atom. The van der Waals surface area contributed by atoms with Crippen LogP contribution in [0.1, 0.15) is 34.3 Å². The fourth-order valence-corrected chi connectivity index (χ4v) is 2.24. The van der Waals surface area contributed by atoms with Crippen molar-refractivity contribution in [2.45, 2.75) is 19.8 Å². The highest BCUT2D eigenvalue weighted by molar-refractivity contribution is 6.13. The fraction of sp³-hybridized carbons (Fsp3) is 0.222. The molecule has 0 bridgehead atoms. The lowest BCUT2D eigenvalue weighted by Crippen LogP contribution is -2.25. The molecular weight excluding hydrogens is 283 g/mol. The van der Waals surface area contributed by atoms with Gasteiger partial charge in [-0.05, 0) is 37.1 Å². The van der Waals surface area contributed by atoms with Crippen LogP contribution >= 0.6 is 0 Å². The quantitative estimate of drug-likeness (QED) is 0.481. The van der Waals surface area contributed by atoms with Gasteiger partial charge in [0.05, 0.1) is 12.2 Å². The van der Waals surface area contributed by atoms with Crippen molar-refractivity contribution in [3.63, 3.8) is 0 Å². The smallest absolute Gasteiger partial charge is 0.321 e. The van der Waals surface area contributed by atoms with E-state index >= 15 is 0 Å². The third kappa shape index (κ3) is 3.39. The Kier molecular flexibility index (Phi) is 5.04. The number of ketones is 1. The van der Waals surface area contributed by atoms with Crippen LogP contribution in [0, 0.1) is 12.7 Å². The summed E-state index contributed by atoms with van der Waals surface area (Å²) >= 11 is 0. The molecule has 4 heteroatoms. The molecule has 1 unspecified atom stereocenters. The Morgan fingerprint density at radius 2 is 1.82 bits per heavy atom. The van der Waals surface area contributed by atoms with Gasteiger partial charge in [0, 0.05) is 0 Å². The maximum Gasteiger partial charge on any atom is 0.321 e. The Bertz CT molecular complexity index is 680. The molecule has 0 fully saturated rings. The van der Waals surface area contributed by atoms with Crippen LogP contribution in [0.15, 0.2) is 48.5 Å². The van der Waals surface area contributed by atoms with E-state index in [2.05, 4.69) is 0 Å². The van der Waals surface area contributed by atoms with E-state index in [-0.39, 0.29) is 12.2 Å². The number of ether oxygens (including phenoxy) is 1. The van der Waals surface area contributed by atoms with Crippen LogP contribution in [0.2, 0.25) is 0 Å². The number of Topliss-reactive ketones (excluding diaryl/α,β-unsaturated/α-hetero) is 1. The Morgan fingerprint density at radius 1 is 1.14 bits per heavy atom. The molecule has 1 atom stereocenters. The molecule has 0 aliphatic rings. The van der Waals surface area contributed by atoms with Crippen molar-refractivity contribution in [2.24, 2.45) is 0 Å². The van der Waals surface area contributed by atoms with E-state index in [1.54, 1.807) is 50.2 Å². The van der Waals surface area contributed by atoms with Gasteiger partial charge in [-0.2, -0.15) is 0 Å². The molecule has 0 aromatic heterocycles. The number of benzene rings is 2. The van der Waals surface area contributed by atoms with Crippen LogP contribution in [0.25, 0.3) is 0 Å². The molecule has 0 heterocycles. The number of carbonyl (C=O) groups excluding carboxylic acids is 2. The highest BCUT2D eigenvalue weighted by Gasteiger charge is 2.32. The summed E-state index contributed by atoms with van der Waals surface area (Å²) in [6, 6.07) is 12.9. The second kappa shape index (κ2) is 6.98.